The lowest BCUT2D eigenvalue weighted by Gasteiger charge is -2.43. The first-order chi connectivity index (χ1) is 4.36. The molecule has 2 heterocycles. The largest absolute Gasteiger partial charge is 0.379 e. The molecule has 9 heavy (non-hydrogen) atoms. The zero-order valence-electron chi connectivity index (χ0n) is 5.30. The molecule has 0 aliphatic carbocycles. The molecule has 0 bridgehead atoms. The minimum Gasteiger partial charge on any atom is -0.379 e. The van der Waals surface area contributed by atoms with Gasteiger partial charge in [0.25, 0.3) is 0 Å². The number of hydrogen-bond acceptors (Lipinski definition) is 3. The van der Waals surface area contributed by atoms with Crippen LogP contribution in [0.1, 0.15) is 6.42 Å². The lowest BCUT2D eigenvalue weighted by atomic mass is 9.86. The van der Waals surface area contributed by atoms with Crippen LogP contribution >= 0.6 is 0 Å². The first-order valence-corrected chi connectivity index (χ1v) is 3.51. The summed E-state index contributed by atoms with van der Waals surface area (Å²) in [5, 5.41) is 15.4. The van der Waals surface area contributed by atoms with Crippen molar-refractivity contribution in [2.75, 3.05) is 13.1 Å². The van der Waals surface area contributed by atoms with Crippen molar-refractivity contribution in [2.45, 2.75) is 18.7 Å². The van der Waals surface area contributed by atoms with Gasteiger partial charge in [-0.3, -0.25) is 5.32 Å². The van der Waals surface area contributed by atoms with E-state index < -0.39 is 0 Å². The molecule has 0 aromatic carbocycles. The smallest absolute Gasteiger partial charge is 0.106 e. The summed E-state index contributed by atoms with van der Waals surface area (Å²) in [5.41, 5.74) is 0. The first-order valence-electron chi connectivity index (χ1n) is 3.51. The van der Waals surface area contributed by atoms with Crippen LogP contribution < -0.4 is 10.6 Å². The standard InChI is InChI=1S/C6H12N2O/c9-6-1-5-4(2-7-5)3-8-6/h4-9H,1-3H2. The highest BCUT2D eigenvalue weighted by Gasteiger charge is 2.35. The monoisotopic (exact) mass is 128 g/mol. The highest BCUT2D eigenvalue weighted by atomic mass is 16.3. The molecule has 52 valence electrons. The quantitative estimate of drug-likeness (QED) is 0.387. The molecule has 0 spiro atoms. The van der Waals surface area contributed by atoms with Gasteiger partial charge in [0.1, 0.15) is 6.23 Å². The van der Waals surface area contributed by atoms with E-state index in [1.54, 1.807) is 0 Å². The second-order valence-electron chi connectivity index (χ2n) is 2.93. The summed E-state index contributed by atoms with van der Waals surface area (Å²) in [5.74, 6) is 0.786. The lowest BCUT2D eigenvalue weighted by Crippen LogP contribution is -2.63. The SMILES string of the molecule is OC1CC2NCC2CN1. The van der Waals surface area contributed by atoms with E-state index in [2.05, 4.69) is 10.6 Å². The van der Waals surface area contributed by atoms with Crippen LogP contribution in [0.15, 0.2) is 0 Å². The predicted molar refractivity (Wildman–Crippen MR) is 33.9 cm³/mol. The number of fused-ring (bicyclic) bond motifs is 1. The van der Waals surface area contributed by atoms with Crippen molar-refractivity contribution >= 4 is 0 Å². The van der Waals surface area contributed by atoms with E-state index in [1.807, 2.05) is 0 Å². The van der Waals surface area contributed by atoms with Crippen molar-refractivity contribution in [1.29, 1.82) is 0 Å². The molecule has 0 aromatic heterocycles. The average Bonchev–Trinajstić information content (AvgIpc) is 1.78. The maximum Gasteiger partial charge on any atom is 0.106 e. The second kappa shape index (κ2) is 1.94. The Kier molecular flexibility index (Phi) is 1.22. The molecule has 2 aliphatic heterocycles. The van der Waals surface area contributed by atoms with Crippen LogP contribution in [0.5, 0.6) is 0 Å². The van der Waals surface area contributed by atoms with Gasteiger partial charge in [0.15, 0.2) is 0 Å². The number of hydrogen-bond donors (Lipinski definition) is 3. The minimum atomic E-state index is -0.265. The van der Waals surface area contributed by atoms with Crippen LogP contribution in [0, 0.1) is 5.92 Å². The Morgan fingerprint density at radius 2 is 2.00 bits per heavy atom. The Labute approximate surface area is 54.4 Å². The van der Waals surface area contributed by atoms with Crippen LogP contribution in [0.2, 0.25) is 0 Å². The minimum absolute atomic E-state index is 0.265. The van der Waals surface area contributed by atoms with Gasteiger partial charge < -0.3 is 10.4 Å². The van der Waals surface area contributed by atoms with E-state index in [0.717, 1.165) is 25.4 Å². The molecule has 3 atom stereocenters. The molecule has 2 saturated heterocycles. The highest BCUT2D eigenvalue weighted by Crippen LogP contribution is 2.20. The maximum absolute atomic E-state index is 9.08. The van der Waals surface area contributed by atoms with Gasteiger partial charge in [-0.2, -0.15) is 0 Å². The van der Waals surface area contributed by atoms with Crippen molar-refractivity contribution in [3.63, 3.8) is 0 Å². The molecule has 0 saturated carbocycles. The maximum atomic E-state index is 9.08. The van der Waals surface area contributed by atoms with Crippen LogP contribution in [0.25, 0.3) is 0 Å². The summed E-state index contributed by atoms with van der Waals surface area (Å²) in [6, 6.07) is 0.598. The molecule has 3 nitrogen and oxygen atoms in total. The van der Waals surface area contributed by atoms with Crippen molar-refractivity contribution in [1.82, 2.24) is 10.6 Å². The zero-order valence-corrected chi connectivity index (χ0v) is 5.30. The second-order valence-corrected chi connectivity index (χ2v) is 2.93. The zero-order chi connectivity index (χ0) is 6.27. The molecule has 3 N–H and O–H groups in total. The van der Waals surface area contributed by atoms with Crippen LogP contribution in [-0.2, 0) is 0 Å². The number of aliphatic hydroxyl groups is 1. The van der Waals surface area contributed by atoms with E-state index in [0.29, 0.717) is 6.04 Å². The fraction of sp³-hybridized carbons (Fsp3) is 1.00. The fourth-order valence-electron chi connectivity index (χ4n) is 1.55. The molecule has 0 amide bonds. The predicted octanol–water partition coefficient (Wildman–Crippen LogP) is -1.11. The molecule has 2 fully saturated rings. The van der Waals surface area contributed by atoms with Gasteiger partial charge in [-0.25, -0.2) is 0 Å². The summed E-state index contributed by atoms with van der Waals surface area (Å²) >= 11 is 0. The number of piperidine rings is 1. The summed E-state index contributed by atoms with van der Waals surface area (Å²) in [4.78, 5) is 0. The molecule has 3 unspecified atom stereocenters. The molecule has 3 heteroatoms. The molecule has 0 aromatic rings. The van der Waals surface area contributed by atoms with Gasteiger partial charge in [-0.15, -0.1) is 0 Å². The van der Waals surface area contributed by atoms with Gasteiger partial charge in [0.05, 0.1) is 0 Å². The lowest BCUT2D eigenvalue weighted by molar-refractivity contribution is 0.0362. The van der Waals surface area contributed by atoms with E-state index >= 15 is 0 Å². The summed E-state index contributed by atoms with van der Waals surface area (Å²) in [7, 11) is 0. The number of rotatable bonds is 0. The van der Waals surface area contributed by atoms with Crippen LogP contribution in [-0.4, -0.2) is 30.5 Å². The van der Waals surface area contributed by atoms with E-state index in [9.17, 15) is 0 Å². The van der Waals surface area contributed by atoms with Crippen molar-refractivity contribution < 1.29 is 5.11 Å². The van der Waals surface area contributed by atoms with Crippen LogP contribution in [0.3, 0.4) is 0 Å². The van der Waals surface area contributed by atoms with E-state index in [4.69, 9.17) is 5.11 Å². The number of nitrogens with one attached hydrogen (secondary N) is 2. The van der Waals surface area contributed by atoms with Crippen molar-refractivity contribution in [3.8, 4) is 0 Å². The van der Waals surface area contributed by atoms with Gasteiger partial charge in [0, 0.05) is 25.6 Å². The Bertz CT molecular complexity index is 118. The van der Waals surface area contributed by atoms with Gasteiger partial charge in [-0.1, -0.05) is 0 Å². The Balaban J connectivity index is 1.92. The molecular formula is C6H12N2O. The summed E-state index contributed by atoms with van der Waals surface area (Å²) in [6.45, 7) is 2.11. The molecule has 0 radical (unpaired) electrons. The summed E-state index contributed by atoms with van der Waals surface area (Å²) < 4.78 is 0. The van der Waals surface area contributed by atoms with Crippen LogP contribution in [0.4, 0.5) is 0 Å². The number of aliphatic hydroxyl groups excluding tert-OH is 1. The highest BCUT2D eigenvalue weighted by molar-refractivity contribution is 4.93. The topological polar surface area (TPSA) is 44.3 Å². The van der Waals surface area contributed by atoms with Gasteiger partial charge in [0.2, 0.25) is 0 Å². The molecular weight excluding hydrogens is 116 g/mol. The Morgan fingerprint density at radius 1 is 1.22 bits per heavy atom. The van der Waals surface area contributed by atoms with E-state index in [1.165, 1.54) is 0 Å². The Hall–Kier alpha value is -0.120. The van der Waals surface area contributed by atoms with Gasteiger partial charge in [-0.05, 0) is 5.92 Å². The first kappa shape index (κ1) is 5.65. The van der Waals surface area contributed by atoms with Crippen molar-refractivity contribution in [3.05, 3.63) is 0 Å². The normalized spacial score (nSPS) is 49.7. The third-order valence-electron chi connectivity index (χ3n) is 2.30. The Morgan fingerprint density at radius 3 is 2.44 bits per heavy atom. The van der Waals surface area contributed by atoms with E-state index in [-0.39, 0.29) is 6.23 Å². The third kappa shape index (κ3) is 0.852. The summed E-state index contributed by atoms with van der Waals surface area (Å²) in [6.07, 6.45) is 0.615. The molecule has 2 rings (SSSR count). The van der Waals surface area contributed by atoms with Crippen molar-refractivity contribution in [2.24, 2.45) is 5.92 Å². The third-order valence-corrected chi connectivity index (χ3v) is 2.30. The fourth-order valence-corrected chi connectivity index (χ4v) is 1.55. The van der Waals surface area contributed by atoms with Gasteiger partial charge >= 0.3 is 0 Å². The molecule has 2 aliphatic rings. The average molecular weight is 128 g/mol.